The maximum Gasteiger partial charge on any atom is 0.253 e. The van der Waals surface area contributed by atoms with Crippen molar-refractivity contribution in [3.05, 3.63) is 71.0 Å². The van der Waals surface area contributed by atoms with E-state index in [1.165, 1.54) is 23.3 Å². The Balaban J connectivity index is 1.36. The molecule has 1 atom stereocenters. The summed E-state index contributed by atoms with van der Waals surface area (Å²) in [5.41, 5.74) is 3.29. The predicted molar refractivity (Wildman–Crippen MR) is 120 cm³/mol. The van der Waals surface area contributed by atoms with Gasteiger partial charge in [-0.05, 0) is 87.0 Å². The Bertz CT molecular complexity index is 856. The van der Waals surface area contributed by atoms with E-state index < -0.39 is 0 Å². The molecule has 0 bridgehead atoms. The van der Waals surface area contributed by atoms with E-state index in [-0.39, 0.29) is 17.8 Å². The van der Waals surface area contributed by atoms with Crippen LogP contribution in [0.5, 0.6) is 0 Å². The lowest BCUT2D eigenvalue weighted by atomic mass is 9.95. The summed E-state index contributed by atoms with van der Waals surface area (Å²) in [5.74, 6) is 0.153. The molecule has 31 heavy (non-hydrogen) atoms. The minimum absolute atomic E-state index is 0.0159. The number of amides is 1. The summed E-state index contributed by atoms with van der Waals surface area (Å²) in [5, 5.41) is 0. The van der Waals surface area contributed by atoms with Crippen molar-refractivity contribution in [3.8, 4) is 0 Å². The highest BCUT2D eigenvalue weighted by Gasteiger charge is 2.28. The summed E-state index contributed by atoms with van der Waals surface area (Å²) in [6.07, 6.45) is 4.35. The smallest absolute Gasteiger partial charge is 0.253 e. The summed E-state index contributed by atoms with van der Waals surface area (Å²) in [6, 6.07) is 14.5. The maximum absolute atomic E-state index is 13.3. The van der Waals surface area contributed by atoms with Gasteiger partial charge >= 0.3 is 0 Å². The van der Waals surface area contributed by atoms with Crippen LogP contribution in [0.25, 0.3) is 0 Å². The SMILES string of the molecule is Cc1ccccc1CN1CCC(CN(CC2CCCO2)C(=O)c2ccc(F)cc2)CC1. The number of benzene rings is 2. The zero-order chi connectivity index (χ0) is 21.6. The Morgan fingerprint density at radius 2 is 1.81 bits per heavy atom. The van der Waals surface area contributed by atoms with Gasteiger partial charge in [-0.3, -0.25) is 9.69 Å². The topological polar surface area (TPSA) is 32.8 Å². The highest BCUT2D eigenvalue weighted by molar-refractivity contribution is 5.94. The van der Waals surface area contributed by atoms with Crippen LogP contribution >= 0.6 is 0 Å². The molecule has 0 aliphatic carbocycles. The highest BCUT2D eigenvalue weighted by Crippen LogP contribution is 2.23. The average Bonchev–Trinajstić information content (AvgIpc) is 3.29. The monoisotopic (exact) mass is 424 g/mol. The Labute approximate surface area is 185 Å². The van der Waals surface area contributed by atoms with E-state index >= 15 is 0 Å². The molecule has 166 valence electrons. The standard InChI is InChI=1S/C26H33FN2O2/c1-20-5-2-3-6-23(20)18-28-14-12-21(13-15-28)17-29(19-25-7-4-16-31-25)26(30)22-8-10-24(27)11-9-22/h2-3,5-6,8-11,21,25H,4,7,12-19H2,1H3. The zero-order valence-corrected chi connectivity index (χ0v) is 18.4. The van der Waals surface area contributed by atoms with Gasteiger partial charge in [0.1, 0.15) is 5.82 Å². The van der Waals surface area contributed by atoms with Crippen molar-refractivity contribution in [1.29, 1.82) is 0 Å². The van der Waals surface area contributed by atoms with Crippen molar-refractivity contribution in [1.82, 2.24) is 9.80 Å². The molecule has 2 aromatic rings. The molecule has 1 unspecified atom stereocenters. The number of hydrogen-bond donors (Lipinski definition) is 0. The number of hydrogen-bond acceptors (Lipinski definition) is 3. The average molecular weight is 425 g/mol. The summed E-state index contributed by atoms with van der Waals surface area (Å²) >= 11 is 0. The third kappa shape index (κ3) is 5.92. The van der Waals surface area contributed by atoms with Gasteiger partial charge in [0.15, 0.2) is 0 Å². The molecular formula is C26H33FN2O2. The van der Waals surface area contributed by atoms with Gasteiger partial charge < -0.3 is 9.64 Å². The van der Waals surface area contributed by atoms with Gasteiger partial charge in [-0.25, -0.2) is 4.39 Å². The van der Waals surface area contributed by atoms with Crippen LogP contribution in [-0.4, -0.2) is 54.6 Å². The molecule has 2 aliphatic rings. The molecular weight excluding hydrogens is 391 g/mol. The third-order valence-corrected chi connectivity index (χ3v) is 6.67. The fraction of sp³-hybridized carbons (Fsp3) is 0.500. The number of nitrogens with zero attached hydrogens (tertiary/aromatic N) is 2. The van der Waals surface area contributed by atoms with E-state index in [0.717, 1.165) is 58.5 Å². The molecule has 5 heteroatoms. The molecule has 0 N–H and O–H groups in total. The minimum Gasteiger partial charge on any atom is -0.376 e. The van der Waals surface area contributed by atoms with Crippen molar-refractivity contribution >= 4 is 5.91 Å². The number of carbonyl (C=O) groups is 1. The predicted octanol–water partition coefficient (Wildman–Crippen LogP) is 4.67. The van der Waals surface area contributed by atoms with Gasteiger partial charge in [-0.1, -0.05) is 24.3 Å². The Morgan fingerprint density at radius 1 is 1.06 bits per heavy atom. The molecule has 4 nitrogen and oxygen atoms in total. The number of halogens is 1. The molecule has 0 radical (unpaired) electrons. The van der Waals surface area contributed by atoms with Gasteiger partial charge in [0.25, 0.3) is 5.91 Å². The second-order valence-corrected chi connectivity index (χ2v) is 9.00. The number of likely N-dealkylation sites (tertiary alicyclic amines) is 1. The largest absolute Gasteiger partial charge is 0.376 e. The quantitative estimate of drug-likeness (QED) is 0.648. The van der Waals surface area contributed by atoms with Crippen LogP contribution in [-0.2, 0) is 11.3 Å². The zero-order valence-electron chi connectivity index (χ0n) is 18.4. The van der Waals surface area contributed by atoms with Crippen LogP contribution in [0, 0.1) is 18.7 Å². The van der Waals surface area contributed by atoms with Crippen molar-refractivity contribution in [2.24, 2.45) is 5.92 Å². The van der Waals surface area contributed by atoms with Gasteiger partial charge in [0.2, 0.25) is 0 Å². The lowest BCUT2D eigenvalue weighted by molar-refractivity contribution is 0.0444. The molecule has 2 aromatic carbocycles. The van der Waals surface area contributed by atoms with E-state index in [4.69, 9.17) is 4.74 Å². The molecule has 4 rings (SSSR count). The van der Waals surface area contributed by atoms with Crippen LogP contribution in [0.15, 0.2) is 48.5 Å². The van der Waals surface area contributed by atoms with E-state index in [0.29, 0.717) is 18.0 Å². The number of piperidine rings is 1. The second kappa shape index (κ2) is 10.4. The molecule has 0 saturated carbocycles. The van der Waals surface area contributed by atoms with Crippen LogP contribution in [0.4, 0.5) is 4.39 Å². The summed E-state index contributed by atoms with van der Waals surface area (Å²) < 4.78 is 19.1. The van der Waals surface area contributed by atoms with Crippen molar-refractivity contribution < 1.29 is 13.9 Å². The Morgan fingerprint density at radius 3 is 2.48 bits per heavy atom. The lowest BCUT2D eigenvalue weighted by Gasteiger charge is -2.36. The molecule has 1 amide bonds. The van der Waals surface area contributed by atoms with Crippen LogP contribution in [0.1, 0.15) is 47.2 Å². The summed E-state index contributed by atoms with van der Waals surface area (Å²) in [4.78, 5) is 17.7. The molecule has 2 aliphatic heterocycles. The van der Waals surface area contributed by atoms with E-state index in [1.807, 2.05) is 4.90 Å². The second-order valence-electron chi connectivity index (χ2n) is 9.00. The van der Waals surface area contributed by atoms with E-state index in [1.54, 1.807) is 12.1 Å². The van der Waals surface area contributed by atoms with E-state index in [9.17, 15) is 9.18 Å². The molecule has 0 spiro atoms. The van der Waals surface area contributed by atoms with Crippen LogP contribution in [0.3, 0.4) is 0 Å². The molecule has 2 fully saturated rings. The van der Waals surface area contributed by atoms with Gasteiger partial charge in [-0.2, -0.15) is 0 Å². The first-order valence-electron chi connectivity index (χ1n) is 11.5. The first kappa shape index (κ1) is 22.0. The van der Waals surface area contributed by atoms with Crippen molar-refractivity contribution in [3.63, 3.8) is 0 Å². The van der Waals surface area contributed by atoms with Gasteiger partial charge in [-0.15, -0.1) is 0 Å². The number of aryl methyl sites for hydroxylation is 1. The van der Waals surface area contributed by atoms with Crippen LogP contribution < -0.4 is 0 Å². The normalized spacial score (nSPS) is 20.1. The first-order chi connectivity index (χ1) is 15.1. The van der Waals surface area contributed by atoms with Gasteiger partial charge in [0.05, 0.1) is 6.10 Å². The summed E-state index contributed by atoms with van der Waals surface area (Å²) in [7, 11) is 0. The maximum atomic E-state index is 13.3. The van der Waals surface area contributed by atoms with Crippen molar-refractivity contribution in [2.45, 2.75) is 45.3 Å². The Kier molecular flexibility index (Phi) is 7.36. The molecule has 2 saturated heterocycles. The fourth-order valence-corrected chi connectivity index (χ4v) is 4.72. The highest BCUT2D eigenvalue weighted by atomic mass is 19.1. The van der Waals surface area contributed by atoms with Crippen LogP contribution in [0.2, 0.25) is 0 Å². The Hall–Kier alpha value is -2.24. The number of rotatable bonds is 7. The molecule has 2 heterocycles. The summed E-state index contributed by atoms with van der Waals surface area (Å²) in [6.45, 7) is 7.42. The van der Waals surface area contributed by atoms with Crippen molar-refractivity contribution in [2.75, 3.05) is 32.8 Å². The number of ether oxygens (including phenoxy) is 1. The van der Waals surface area contributed by atoms with Gasteiger partial charge in [0, 0.05) is 31.8 Å². The first-order valence-corrected chi connectivity index (χ1v) is 11.5. The van der Waals surface area contributed by atoms with E-state index in [2.05, 4.69) is 36.1 Å². The lowest BCUT2D eigenvalue weighted by Crippen LogP contribution is -2.43. The number of carbonyl (C=O) groups excluding carboxylic acids is 1. The fourth-order valence-electron chi connectivity index (χ4n) is 4.72. The minimum atomic E-state index is -0.316. The third-order valence-electron chi connectivity index (χ3n) is 6.67. The molecule has 0 aromatic heterocycles.